The summed E-state index contributed by atoms with van der Waals surface area (Å²) < 4.78 is 20.6. The standard InChI is InChI=1S/C22H25Cl2FN2O/c1-26(2)15-6-5-9-27(13-15)20-12-16-17(10-14(23)11-18(16)24)22(20)28-21-8-4-3-7-19(21)25/h3-4,7-8,10-11,15,20,22H,5-6,9,12-13H2,1-2H3/t15-,20+,22?/m1/s1. The quantitative estimate of drug-likeness (QED) is 0.672. The predicted molar refractivity (Wildman–Crippen MR) is 112 cm³/mol. The van der Waals surface area contributed by atoms with Crippen molar-refractivity contribution in [3.05, 3.63) is 63.4 Å². The molecule has 0 saturated carbocycles. The number of nitrogens with zero attached hydrogens (tertiary/aromatic N) is 2. The maximum atomic E-state index is 14.3. The average Bonchev–Trinajstić information content (AvgIpc) is 3.02. The van der Waals surface area contributed by atoms with Crippen LogP contribution in [-0.4, -0.2) is 49.1 Å². The number of piperidine rings is 1. The van der Waals surface area contributed by atoms with Crippen LogP contribution in [0.25, 0.3) is 0 Å². The van der Waals surface area contributed by atoms with E-state index in [0.29, 0.717) is 16.1 Å². The first-order chi connectivity index (χ1) is 13.4. The van der Waals surface area contributed by atoms with Gasteiger partial charge in [-0.1, -0.05) is 35.3 Å². The van der Waals surface area contributed by atoms with E-state index < -0.39 is 0 Å². The Labute approximate surface area is 176 Å². The van der Waals surface area contributed by atoms with Crippen LogP contribution in [0, 0.1) is 5.82 Å². The van der Waals surface area contributed by atoms with Crippen molar-refractivity contribution in [1.29, 1.82) is 0 Å². The molecule has 1 fully saturated rings. The Balaban J connectivity index is 1.69. The third-order valence-corrected chi connectivity index (χ3v) is 6.54. The van der Waals surface area contributed by atoms with E-state index in [0.717, 1.165) is 37.1 Å². The first-order valence-corrected chi connectivity index (χ1v) is 10.5. The highest BCUT2D eigenvalue weighted by atomic mass is 35.5. The predicted octanol–water partition coefficient (Wildman–Crippen LogP) is 5.20. The number of likely N-dealkylation sites (N-methyl/N-ethyl adjacent to an activating group) is 1. The molecule has 1 unspecified atom stereocenters. The fourth-order valence-electron chi connectivity index (χ4n) is 4.46. The van der Waals surface area contributed by atoms with Gasteiger partial charge in [0.25, 0.3) is 0 Å². The Morgan fingerprint density at radius 1 is 1.18 bits per heavy atom. The largest absolute Gasteiger partial charge is 0.481 e. The molecule has 3 atom stereocenters. The van der Waals surface area contributed by atoms with Crippen molar-refractivity contribution >= 4 is 23.2 Å². The number of para-hydroxylation sites is 1. The third-order valence-electron chi connectivity index (χ3n) is 5.98. The minimum atomic E-state index is -0.354. The van der Waals surface area contributed by atoms with E-state index >= 15 is 0 Å². The SMILES string of the molecule is CN(C)[C@@H]1CCCN([C@H]2Cc3c(Cl)cc(Cl)cc3C2Oc2ccccc2F)C1. The van der Waals surface area contributed by atoms with Crippen LogP contribution in [0.5, 0.6) is 5.75 Å². The van der Waals surface area contributed by atoms with E-state index in [4.69, 9.17) is 27.9 Å². The maximum Gasteiger partial charge on any atom is 0.165 e. The van der Waals surface area contributed by atoms with Crippen LogP contribution in [0.3, 0.4) is 0 Å². The molecule has 0 bridgehead atoms. The Kier molecular flexibility index (Phi) is 5.84. The number of hydrogen-bond acceptors (Lipinski definition) is 3. The van der Waals surface area contributed by atoms with Gasteiger partial charge in [-0.25, -0.2) is 4.39 Å². The molecule has 2 aromatic carbocycles. The Bertz CT molecular complexity index is 860. The molecular weight excluding hydrogens is 398 g/mol. The molecule has 4 rings (SSSR count). The lowest BCUT2D eigenvalue weighted by Crippen LogP contribution is -2.51. The third kappa shape index (κ3) is 3.88. The highest BCUT2D eigenvalue weighted by molar-refractivity contribution is 6.35. The molecule has 28 heavy (non-hydrogen) atoms. The molecule has 0 spiro atoms. The van der Waals surface area contributed by atoms with Crippen molar-refractivity contribution in [3.8, 4) is 5.75 Å². The van der Waals surface area contributed by atoms with Crippen molar-refractivity contribution < 1.29 is 9.13 Å². The number of fused-ring (bicyclic) bond motifs is 1. The lowest BCUT2D eigenvalue weighted by Gasteiger charge is -2.41. The molecule has 150 valence electrons. The summed E-state index contributed by atoms with van der Waals surface area (Å²) in [5, 5.41) is 1.24. The van der Waals surface area contributed by atoms with Gasteiger partial charge in [0.15, 0.2) is 11.6 Å². The highest BCUT2D eigenvalue weighted by Crippen LogP contribution is 2.43. The number of halogens is 3. The molecule has 1 saturated heterocycles. The average molecular weight is 423 g/mol. The van der Waals surface area contributed by atoms with Gasteiger partial charge in [0.05, 0.1) is 6.04 Å². The maximum absolute atomic E-state index is 14.3. The summed E-state index contributed by atoms with van der Waals surface area (Å²) in [6.45, 7) is 1.97. The fraction of sp³-hybridized carbons (Fsp3) is 0.455. The van der Waals surface area contributed by atoms with Gasteiger partial charge in [0.1, 0.15) is 6.10 Å². The van der Waals surface area contributed by atoms with E-state index in [1.807, 2.05) is 6.07 Å². The van der Waals surface area contributed by atoms with E-state index in [9.17, 15) is 4.39 Å². The lowest BCUT2D eigenvalue weighted by molar-refractivity contribution is 0.0365. The van der Waals surface area contributed by atoms with Crippen LogP contribution in [0.15, 0.2) is 36.4 Å². The van der Waals surface area contributed by atoms with Crippen molar-refractivity contribution in [2.75, 3.05) is 27.2 Å². The van der Waals surface area contributed by atoms with Gasteiger partial charge in [0.2, 0.25) is 0 Å². The number of benzene rings is 2. The topological polar surface area (TPSA) is 15.7 Å². The van der Waals surface area contributed by atoms with Gasteiger partial charge < -0.3 is 9.64 Å². The minimum absolute atomic E-state index is 0.105. The van der Waals surface area contributed by atoms with Crippen LogP contribution in [-0.2, 0) is 6.42 Å². The van der Waals surface area contributed by atoms with Crippen molar-refractivity contribution in [3.63, 3.8) is 0 Å². The van der Waals surface area contributed by atoms with E-state index in [1.165, 1.54) is 12.5 Å². The molecule has 2 aromatic rings. The fourth-order valence-corrected chi connectivity index (χ4v) is 5.05. The number of ether oxygens (including phenoxy) is 1. The van der Waals surface area contributed by atoms with Crippen molar-refractivity contribution in [2.24, 2.45) is 0 Å². The Morgan fingerprint density at radius 2 is 1.96 bits per heavy atom. The molecule has 6 heteroatoms. The molecule has 0 radical (unpaired) electrons. The number of rotatable bonds is 4. The van der Waals surface area contributed by atoms with Gasteiger partial charge >= 0.3 is 0 Å². The van der Waals surface area contributed by atoms with E-state index in [-0.39, 0.29) is 23.7 Å². The zero-order valence-electron chi connectivity index (χ0n) is 16.2. The summed E-state index contributed by atoms with van der Waals surface area (Å²) in [6.07, 6.45) is 2.81. The molecule has 1 aliphatic heterocycles. The molecular formula is C22H25Cl2FN2O. The first kappa shape index (κ1) is 20.0. The van der Waals surface area contributed by atoms with Crippen molar-refractivity contribution in [1.82, 2.24) is 9.80 Å². The summed E-state index contributed by atoms with van der Waals surface area (Å²) in [5.41, 5.74) is 2.03. The smallest absolute Gasteiger partial charge is 0.165 e. The van der Waals surface area contributed by atoms with Crippen LogP contribution in [0.1, 0.15) is 30.1 Å². The second-order valence-corrected chi connectivity index (χ2v) is 8.79. The molecule has 3 nitrogen and oxygen atoms in total. The zero-order chi connectivity index (χ0) is 19.8. The first-order valence-electron chi connectivity index (χ1n) is 9.73. The van der Waals surface area contributed by atoms with Crippen LogP contribution < -0.4 is 4.74 Å². The highest BCUT2D eigenvalue weighted by Gasteiger charge is 2.41. The molecule has 0 amide bonds. The van der Waals surface area contributed by atoms with Gasteiger partial charge in [-0.3, -0.25) is 4.90 Å². The van der Waals surface area contributed by atoms with Gasteiger partial charge in [0, 0.05) is 28.2 Å². The second-order valence-electron chi connectivity index (χ2n) is 7.95. The second kappa shape index (κ2) is 8.19. The van der Waals surface area contributed by atoms with Gasteiger partial charge in [-0.2, -0.15) is 0 Å². The lowest BCUT2D eigenvalue weighted by atomic mass is 10.0. The van der Waals surface area contributed by atoms with E-state index in [1.54, 1.807) is 24.3 Å². The summed E-state index contributed by atoms with van der Waals surface area (Å²) in [7, 11) is 4.25. The Morgan fingerprint density at radius 3 is 2.71 bits per heavy atom. The molecule has 1 heterocycles. The summed E-state index contributed by atoms with van der Waals surface area (Å²) >= 11 is 12.8. The van der Waals surface area contributed by atoms with Gasteiger partial charge in [-0.15, -0.1) is 0 Å². The van der Waals surface area contributed by atoms with Crippen LogP contribution >= 0.6 is 23.2 Å². The van der Waals surface area contributed by atoms with E-state index in [2.05, 4.69) is 23.9 Å². The number of likely N-dealkylation sites (tertiary alicyclic amines) is 1. The molecule has 1 aliphatic carbocycles. The molecule has 0 aromatic heterocycles. The normalized spacial score (nSPS) is 25.1. The monoisotopic (exact) mass is 422 g/mol. The summed E-state index contributed by atoms with van der Waals surface area (Å²) in [4.78, 5) is 4.76. The zero-order valence-corrected chi connectivity index (χ0v) is 17.7. The van der Waals surface area contributed by atoms with Crippen molar-refractivity contribution in [2.45, 2.75) is 37.5 Å². The number of hydrogen-bond donors (Lipinski definition) is 0. The minimum Gasteiger partial charge on any atom is -0.481 e. The molecule has 2 aliphatic rings. The Hall–Kier alpha value is -1.33. The molecule has 0 N–H and O–H groups in total. The summed E-state index contributed by atoms with van der Waals surface area (Å²) in [5.74, 6) is -0.0877. The van der Waals surface area contributed by atoms with Gasteiger partial charge in [-0.05, 0) is 69.7 Å². The van der Waals surface area contributed by atoms with Crippen LogP contribution in [0.2, 0.25) is 10.0 Å². The summed E-state index contributed by atoms with van der Waals surface area (Å²) in [6, 6.07) is 10.9. The van der Waals surface area contributed by atoms with Crippen LogP contribution in [0.4, 0.5) is 4.39 Å².